The number of hydrogen-bond donors (Lipinski definition) is 2. The van der Waals surface area contributed by atoms with E-state index >= 15 is 0 Å². The molecule has 7 nitrogen and oxygen atoms in total. The fraction of sp³-hybridized carbons (Fsp3) is 0.238. The van der Waals surface area contributed by atoms with Gasteiger partial charge in [0.2, 0.25) is 5.91 Å². The van der Waals surface area contributed by atoms with Gasteiger partial charge in [-0.2, -0.15) is 4.37 Å². The Morgan fingerprint density at radius 3 is 2.62 bits per heavy atom. The van der Waals surface area contributed by atoms with Crippen molar-refractivity contribution in [1.29, 1.82) is 0 Å². The lowest BCUT2D eigenvalue weighted by Crippen LogP contribution is -2.24. The summed E-state index contributed by atoms with van der Waals surface area (Å²) < 4.78 is 9.55. The molecule has 0 radical (unpaired) electrons. The number of carbonyl (C=O) groups is 2. The van der Waals surface area contributed by atoms with Crippen LogP contribution in [0.4, 0.5) is 5.69 Å². The monoisotopic (exact) mass is 408 g/mol. The van der Waals surface area contributed by atoms with Crippen molar-refractivity contribution in [3.63, 3.8) is 0 Å². The second-order valence-corrected chi connectivity index (χ2v) is 7.52. The third-order valence-corrected chi connectivity index (χ3v) is 5.46. The van der Waals surface area contributed by atoms with E-state index in [1.807, 2.05) is 30.3 Å². The van der Waals surface area contributed by atoms with Crippen LogP contribution in [0.1, 0.15) is 28.1 Å². The molecule has 0 aliphatic heterocycles. The Hall–Kier alpha value is -3.26. The molecule has 148 valence electrons. The van der Waals surface area contributed by atoms with Crippen molar-refractivity contribution in [2.75, 3.05) is 12.4 Å². The van der Waals surface area contributed by atoms with E-state index in [9.17, 15) is 9.59 Å². The quantitative estimate of drug-likeness (QED) is 0.624. The molecule has 0 bridgehead atoms. The Labute approximate surface area is 172 Å². The first kappa shape index (κ1) is 19.1. The predicted octanol–water partition coefficient (Wildman–Crippen LogP) is 3.49. The standard InChI is InChI=1S/C21H20N4O3S/c1-28-15-9-5-13(6-10-15)12-23-21(27)19-18(24-20(26)14-7-8-14)17(25-29-19)16-4-2-3-11-22-16/h2-6,9-11,14H,7-8,12H2,1H3,(H,23,27)(H,24,26). The minimum Gasteiger partial charge on any atom is -0.497 e. The highest BCUT2D eigenvalue weighted by atomic mass is 32.1. The molecular formula is C21H20N4O3S. The maximum Gasteiger partial charge on any atom is 0.265 e. The zero-order valence-electron chi connectivity index (χ0n) is 15.8. The molecule has 1 aliphatic carbocycles. The van der Waals surface area contributed by atoms with Gasteiger partial charge in [0.15, 0.2) is 0 Å². The Morgan fingerprint density at radius 2 is 1.97 bits per heavy atom. The van der Waals surface area contributed by atoms with E-state index in [0.29, 0.717) is 28.5 Å². The van der Waals surface area contributed by atoms with Gasteiger partial charge < -0.3 is 15.4 Å². The summed E-state index contributed by atoms with van der Waals surface area (Å²) in [4.78, 5) is 29.9. The number of nitrogens with zero attached hydrogens (tertiary/aromatic N) is 2. The molecule has 1 fully saturated rings. The maximum absolute atomic E-state index is 12.8. The van der Waals surface area contributed by atoms with E-state index in [1.165, 1.54) is 0 Å². The molecule has 2 heterocycles. The Balaban J connectivity index is 1.55. The van der Waals surface area contributed by atoms with Crippen molar-refractivity contribution in [3.05, 3.63) is 59.1 Å². The molecule has 0 unspecified atom stereocenters. The SMILES string of the molecule is COc1ccc(CNC(=O)c2snc(-c3ccccn3)c2NC(=O)C2CC2)cc1. The molecule has 4 rings (SSSR count). The van der Waals surface area contributed by atoms with Crippen molar-refractivity contribution < 1.29 is 14.3 Å². The number of anilines is 1. The number of carbonyl (C=O) groups excluding carboxylic acids is 2. The fourth-order valence-electron chi connectivity index (χ4n) is 2.82. The number of benzene rings is 1. The van der Waals surface area contributed by atoms with Gasteiger partial charge in [0.05, 0.1) is 18.5 Å². The second kappa shape index (κ2) is 8.40. The largest absolute Gasteiger partial charge is 0.497 e. The van der Waals surface area contributed by atoms with Gasteiger partial charge in [-0.15, -0.1) is 0 Å². The van der Waals surface area contributed by atoms with E-state index < -0.39 is 0 Å². The molecule has 0 atom stereocenters. The lowest BCUT2D eigenvalue weighted by atomic mass is 10.2. The molecular weight excluding hydrogens is 388 g/mol. The van der Waals surface area contributed by atoms with Crippen LogP contribution in [0.3, 0.4) is 0 Å². The predicted molar refractivity (Wildman–Crippen MR) is 111 cm³/mol. The molecule has 29 heavy (non-hydrogen) atoms. The molecule has 0 saturated heterocycles. The van der Waals surface area contributed by atoms with Gasteiger partial charge in [-0.1, -0.05) is 18.2 Å². The lowest BCUT2D eigenvalue weighted by Gasteiger charge is -2.09. The van der Waals surface area contributed by atoms with Crippen LogP contribution in [0, 0.1) is 5.92 Å². The number of rotatable bonds is 7. The van der Waals surface area contributed by atoms with Crippen LogP contribution < -0.4 is 15.4 Å². The van der Waals surface area contributed by atoms with Crippen LogP contribution in [0.5, 0.6) is 5.75 Å². The summed E-state index contributed by atoms with van der Waals surface area (Å²) in [6.45, 7) is 0.357. The number of nitrogens with one attached hydrogen (secondary N) is 2. The van der Waals surface area contributed by atoms with Gasteiger partial charge in [0.1, 0.15) is 16.3 Å². The summed E-state index contributed by atoms with van der Waals surface area (Å²) in [7, 11) is 1.61. The molecule has 2 N–H and O–H groups in total. The van der Waals surface area contributed by atoms with E-state index in [-0.39, 0.29) is 17.7 Å². The van der Waals surface area contributed by atoms with Crippen molar-refractivity contribution in [3.8, 4) is 17.1 Å². The van der Waals surface area contributed by atoms with Crippen molar-refractivity contribution in [2.24, 2.45) is 5.92 Å². The Kier molecular flexibility index (Phi) is 5.53. The number of hydrogen-bond acceptors (Lipinski definition) is 6. The molecule has 8 heteroatoms. The molecule has 2 amide bonds. The summed E-state index contributed by atoms with van der Waals surface area (Å²) in [6, 6.07) is 12.9. The highest BCUT2D eigenvalue weighted by molar-refractivity contribution is 7.09. The molecule has 3 aromatic rings. The highest BCUT2D eigenvalue weighted by Crippen LogP contribution is 2.35. The third kappa shape index (κ3) is 4.43. The summed E-state index contributed by atoms with van der Waals surface area (Å²) in [6.07, 6.45) is 3.41. The van der Waals surface area contributed by atoms with Gasteiger partial charge in [-0.05, 0) is 54.2 Å². The number of amides is 2. The topological polar surface area (TPSA) is 93.2 Å². The second-order valence-electron chi connectivity index (χ2n) is 6.74. The number of aromatic nitrogens is 2. The molecule has 1 aromatic carbocycles. The minimum absolute atomic E-state index is 0.0155. The summed E-state index contributed by atoms with van der Waals surface area (Å²) >= 11 is 1.06. The number of methoxy groups -OCH3 is 1. The summed E-state index contributed by atoms with van der Waals surface area (Å²) in [5.41, 5.74) is 2.50. The smallest absolute Gasteiger partial charge is 0.265 e. The van der Waals surface area contributed by atoms with Crippen LogP contribution in [0.2, 0.25) is 0 Å². The molecule has 0 spiro atoms. The van der Waals surface area contributed by atoms with Gasteiger partial charge in [-0.3, -0.25) is 14.6 Å². The Bertz CT molecular complexity index is 1010. The first-order valence-corrected chi connectivity index (χ1v) is 10.1. The summed E-state index contributed by atoms with van der Waals surface area (Å²) in [5, 5.41) is 5.80. The van der Waals surface area contributed by atoms with Crippen molar-refractivity contribution in [2.45, 2.75) is 19.4 Å². The van der Waals surface area contributed by atoms with Crippen LogP contribution in [-0.4, -0.2) is 28.3 Å². The van der Waals surface area contributed by atoms with Crippen LogP contribution >= 0.6 is 11.5 Å². The lowest BCUT2D eigenvalue weighted by molar-refractivity contribution is -0.117. The van der Waals surface area contributed by atoms with Gasteiger partial charge in [-0.25, -0.2) is 0 Å². The highest BCUT2D eigenvalue weighted by Gasteiger charge is 2.32. The van der Waals surface area contributed by atoms with E-state index in [1.54, 1.807) is 25.4 Å². The first-order valence-electron chi connectivity index (χ1n) is 9.29. The third-order valence-electron chi connectivity index (χ3n) is 4.61. The zero-order chi connectivity index (χ0) is 20.2. The van der Waals surface area contributed by atoms with E-state index in [0.717, 1.165) is 35.7 Å². The number of pyridine rings is 1. The van der Waals surface area contributed by atoms with Crippen LogP contribution in [0.25, 0.3) is 11.4 Å². The molecule has 1 aliphatic rings. The van der Waals surface area contributed by atoms with Crippen LogP contribution in [0.15, 0.2) is 48.7 Å². The van der Waals surface area contributed by atoms with E-state index in [2.05, 4.69) is 20.0 Å². The average Bonchev–Trinajstić information content (AvgIpc) is 3.54. The first-order chi connectivity index (χ1) is 14.2. The minimum atomic E-state index is -0.286. The normalized spacial score (nSPS) is 13.0. The summed E-state index contributed by atoms with van der Waals surface area (Å²) in [5.74, 6) is 0.410. The van der Waals surface area contributed by atoms with Crippen molar-refractivity contribution >= 4 is 29.0 Å². The van der Waals surface area contributed by atoms with Crippen molar-refractivity contribution in [1.82, 2.24) is 14.7 Å². The fourth-order valence-corrected chi connectivity index (χ4v) is 3.58. The molecule has 2 aromatic heterocycles. The average molecular weight is 408 g/mol. The number of ether oxygens (including phenoxy) is 1. The zero-order valence-corrected chi connectivity index (χ0v) is 16.7. The van der Waals surface area contributed by atoms with Gasteiger partial charge >= 0.3 is 0 Å². The maximum atomic E-state index is 12.8. The van der Waals surface area contributed by atoms with Gasteiger partial charge in [0.25, 0.3) is 5.91 Å². The van der Waals surface area contributed by atoms with E-state index in [4.69, 9.17) is 4.74 Å². The van der Waals surface area contributed by atoms with Crippen LogP contribution in [-0.2, 0) is 11.3 Å². The molecule has 1 saturated carbocycles. The Morgan fingerprint density at radius 1 is 1.17 bits per heavy atom. The van der Waals surface area contributed by atoms with Gasteiger partial charge in [0, 0.05) is 18.7 Å².